The first-order valence-electron chi connectivity index (χ1n) is 7.80. The SMILES string of the molecule is CC1CCN(C(=O)C2CCCC(C(F)(F)F)C2)C(C(=O)O)C1. The van der Waals surface area contributed by atoms with Crippen molar-refractivity contribution in [2.45, 2.75) is 57.7 Å². The molecular formula is C15H22F3NO3. The number of piperidine rings is 1. The average Bonchev–Trinajstić information content (AvgIpc) is 2.45. The Balaban J connectivity index is 2.07. The van der Waals surface area contributed by atoms with Gasteiger partial charge in [0.25, 0.3) is 0 Å². The fourth-order valence-electron chi connectivity index (χ4n) is 3.59. The highest BCUT2D eigenvalue weighted by Crippen LogP contribution is 2.41. The normalized spacial score (nSPS) is 33.5. The lowest BCUT2D eigenvalue weighted by molar-refractivity contribution is -0.188. The van der Waals surface area contributed by atoms with Gasteiger partial charge in [0, 0.05) is 12.5 Å². The number of halogens is 3. The number of carboxylic acids is 1. The molecule has 1 aliphatic heterocycles. The van der Waals surface area contributed by atoms with E-state index >= 15 is 0 Å². The van der Waals surface area contributed by atoms with Crippen LogP contribution in [0.2, 0.25) is 0 Å². The van der Waals surface area contributed by atoms with Gasteiger partial charge >= 0.3 is 12.1 Å². The Bertz CT molecular complexity index is 438. The second-order valence-corrected chi connectivity index (χ2v) is 6.62. The van der Waals surface area contributed by atoms with Gasteiger partial charge in [-0.2, -0.15) is 13.2 Å². The lowest BCUT2D eigenvalue weighted by atomic mass is 9.79. The predicted molar refractivity (Wildman–Crippen MR) is 73.0 cm³/mol. The Morgan fingerprint density at radius 2 is 1.82 bits per heavy atom. The number of carbonyl (C=O) groups is 2. The predicted octanol–water partition coefficient (Wildman–Crippen LogP) is 3.07. The minimum atomic E-state index is -4.28. The van der Waals surface area contributed by atoms with E-state index in [0.717, 1.165) is 0 Å². The monoisotopic (exact) mass is 321 g/mol. The zero-order chi connectivity index (χ0) is 16.5. The number of nitrogens with zero attached hydrogens (tertiary/aromatic N) is 1. The van der Waals surface area contributed by atoms with Crippen LogP contribution in [0.25, 0.3) is 0 Å². The summed E-state index contributed by atoms with van der Waals surface area (Å²) in [6, 6.07) is -0.900. The summed E-state index contributed by atoms with van der Waals surface area (Å²) in [6.45, 7) is 2.25. The molecule has 1 amide bonds. The van der Waals surface area contributed by atoms with Crippen molar-refractivity contribution in [3.63, 3.8) is 0 Å². The molecule has 0 bridgehead atoms. The summed E-state index contributed by atoms with van der Waals surface area (Å²) in [5.74, 6) is -3.41. The van der Waals surface area contributed by atoms with Gasteiger partial charge in [-0.25, -0.2) is 4.79 Å². The van der Waals surface area contributed by atoms with E-state index in [0.29, 0.717) is 32.2 Å². The van der Waals surface area contributed by atoms with Crippen LogP contribution >= 0.6 is 0 Å². The maximum atomic E-state index is 12.9. The standard InChI is InChI=1S/C15H22F3NO3/c1-9-5-6-19(12(7-9)14(21)22)13(20)10-3-2-4-11(8-10)15(16,17)18/h9-12H,2-8H2,1H3,(H,21,22). The largest absolute Gasteiger partial charge is 0.480 e. The molecule has 2 rings (SSSR count). The molecule has 2 aliphatic rings. The fourth-order valence-corrected chi connectivity index (χ4v) is 3.59. The number of rotatable bonds is 2. The Hall–Kier alpha value is -1.27. The van der Waals surface area contributed by atoms with Crippen molar-refractivity contribution >= 4 is 11.9 Å². The van der Waals surface area contributed by atoms with Crippen LogP contribution in [-0.2, 0) is 9.59 Å². The van der Waals surface area contributed by atoms with Gasteiger partial charge in [-0.05, 0) is 38.0 Å². The van der Waals surface area contributed by atoms with Crippen molar-refractivity contribution in [2.24, 2.45) is 17.8 Å². The van der Waals surface area contributed by atoms with Gasteiger partial charge in [0.2, 0.25) is 5.91 Å². The van der Waals surface area contributed by atoms with E-state index in [1.54, 1.807) is 0 Å². The highest BCUT2D eigenvalue weighted by Gasteiger charge is 2.45. The molecule has 1 N–H and O–H groups in total. The number of carbonyl (C=O) groups excluding carboxylic acids is 1. The van der Waals surface area contributed by atoms with Gasteiger partial charge in [-0.1, -0.05) is 13.3 Å². The molecule has 4 unspecified atom stereocenters. The van der Waals surface area contributed by atoms with Crippen LogP contribution in [0.1, 0.15) is 45.4 Å². The molecule has 0 aromatic carbocycles. The molecule has 1 heterocycles. The first-order chi connectivity index (χ1) is 10.2. The molecule has 1 aliphatic carbocycles. The minimum Gasteiger partial charge on any atom is -0.480 e. The lowest BCUT2D eigenvalue weighted by Crippen LogP contribution is -2.52. The van der Waals surface area contributed by atoms with Crippen LogP contribution in [0.3, 0.4) is 0 Å². The summed E-state index contributed by atoms with van der Waals surface area (Å²) in [4.78, 5) is 25.2. The van der Waals surface area contributed by atoms with Crippen LogP contribution in [0.15, 0.2) is 0 Å². The minimum absolute atomic E-state index is 0.0622. The number of hydrogen-bond acceptors (Lipinski definition) is 2. The first kappa shape index (κ1) is 17.1. The van der Waals surface area contributed by atoms with Crippen molar-refractivity contribution in [3.05, 3.63) is 0 Å². The Morgan fingerprint density at radius 3 is 2.41 bits per heavy atom. The van der Waals surface area contributed by atoms with E-state index in [1.165, 1.54) is 4.90 Å². The zero-order valence-electron chi connectivity index (χ0n) is 12.6. The van der Waals surface area contributed by atoms with E-state index in [4.69, 9.17) is 0 Å². The quantitative estimate of drug-likeness (QED) is 0.850. The maximum Gasteiger partial charge on any atom is 0.391 e. The van der Waals surface area contributed by atoms with Crippen LogP contribution in [-0.4, -0.2) is 40.6 Å². The molecule has 1 saturated carbocycles. The van der Waals surface area contributed by atoms with Crippen LogP contribution in [0, 0.1) is 17.8 Å². The highest BCUT2D eigenvalue weighted by molar-refractivity contribution is 5.85. The number of aliphatic carboxylic acids is 1. The summed E-state index contributed by atoms with van der Waals surface area (Å²) in [6.07, 6.45) is -2.57. The van der Waals surface area contributed by atoms with Crippen LogP contribution in [0.5, 0.6) is 0 Å². The Morgan fingerprint density at radius 1 is 1.14 bits per heavy atom. The Labute approximate surface area is 127 Å². The molecule has 0 aromatic rings. The number of hydrogen-bond donors (Lipinski definition) is 1. The van der Waals surface area contributed by atoms with Gasteiger partial charge in [0.1, 0.15) is 6.04 Å². The summed E-state index contributed by atoms with van der Waals surface area (Å²) >= 11 is 0. The third-order valence-corrected chi connectivity index (χ3v) is 4.92. The van der Waals surface area contributed by atoms with Crippen molar-refractivity contribution in [3.8, 4) is 0 Å². The fraction of sp³-hybridized carbons (Fsp3) is 0.867. The molecule has 1 saturated heterocycles. The van der Waals surface area contributed by atoms with Gasteiger partial charge in [-0.3, -0.25) is 4.79 Å². The Kier molecular flexibility index (Phi) is 5.02. The summed E-state index contributed by atoms with van der Waals surface area (Å²) in [7, 11) is 0. The van der Waals surface area contributed by atoms with Crippen LogP contribution in [0.4, 0.5) is 13.2 Å². The van der Waals surface area contributed by atoms with Crippen molar-refractivity contribution in [1.29, 1.82) is 0 Å². The van der Waals surface area contributed by atoms with Crippen molar-refractivity contribution < 1.29 is 27.9 Å². The van der Waals surface area contributed by atoms with E-state index in [9.17, 15) is 27.9 Å². The molecule has 7 heteroatoms. The molecule has 0 radical (unpaired) electrons. The molecule has 4 atom stereocenters. The molecular weight excluding hydrogens is 299 g/mol. The topological polar surface area (TPSA) is 57.6 Å². The van der Waals surface area contributed by atoms with Gasteiger partial charge < -0.3 is 10.0 Å². The smallest absolute Gasteiger partial charge is 0.391 e. The van der Waals surface area contributed by atoms with Crippen molar-refractivity contribution in [2.75, 3.05) is 6.54 Å². The van der Waals surface area contributed by atoms with E-state index in [1.807, 2.05) is 6.92 Å². The zero-order valence-corrected chi connectivity index (χ0v) is 12.6. The maximum absolute atomic E-state index is 12.9. The van der Waals surface area contributed by atoms with Gasteiger partial charge in [0.05, 0.1) is 5.92 Å². The first-order valence-corrected chi connectivity index (χ1v) is 7.80. The third-order valence-electron chi connectivity index (χ3n) is 4.92. The molecule has 22 heavy (non-hydrogen) atoms. The summed E-state index contributed by atoms with van der Waals surface area (Å²) in [5, 5.41) is 9.28. The highest BCUT2D eigenvalue weighted by atomic mass is 19.4. The molecule has 2 fully saturated rings. The number of alkyl halides is 3. The second kappa shape index (κ2) is 6.46. The lowest BCUT2D eigenvalue weighted by Gasteiger charge is -2.39. The second-order valence-electron chi connectivity index (χ2n) is 6.62. The van der Waals surface area contributed by atoms with Gasteiger partial charge in [-0.15, -0.1) is 0 Å². The summed E-state index contributed by atoms with van der Waals surface area (Å²) in [5.41, 5.74) is 0. The van der Waals surface area contributed by atoms with Crippen molar-refractivity contribution in [1.82, 2.24) is 4.90 Å². The van der Waals surface area contributed by atoms with E-state index in [-0.39, 0.29) is 18.8 Å². The molecule has 0 aromatic heterocycles. The van der Waals surface area contributed by atoms with Crippen LogP contribution < -0.4 is 0 Å². The summed E-state index contributed by atoms with van der Waals surface area (Å²) < 4.78 is 38.6. The van der Waals surface area contributed by atoms with Gasteiger partial charge in [0.15, 0.2) is 0 Å². The average molecular weight is 321 g/mol. The number of amides is 1. The molecule has 126 valence electrons. The number of likely N-dealkylation sites (tertiary alicyclic amines) is 1. The molecule has 0 spiro atoms. The third kappa shape index (κ3) is 3.73. The molecule has 4 nitrogen and oxygen atoms in total. The van der Waals surface area contributed by atoms with E-state index < -0.39 is 35.9 Å². The number of carboxylic acid groups (broad SMARTS) is 1. The van der Waals surface area contributed by atoms with E-state index in [2.05, 4.69) is 0 Å².